The quantitative estimate of drug-likeness (QED) is 0.850. The summed E-state index contributed by atoms with van der Waals surface area (Å²) in [4.78, 5) is 14.4. The first-order valence-electron chi connectivity index (χ1n) is 8.03. The number of fused-ring (bicyclic) bond motifs is 1. The van der Waals surface area contributed by atoms with E-state index in [0.29, 0.717) is 12.5 Å². The van der Waals surface area contributed by atoms with E-state index in [1.807, 2.05) is 26.8 Å². The van der Waals surface area contributed by atoms with Gasteiger partial charge in [0, 0.05) is 7.11 Å². The van der Waals surface area contributed by atoms with Gasteiger partial charge in [-0.25, -0.2) is 4.79 Å². The van der Waals surface area contributed by atoms with Crippen LogP contribution in [-0.2, 0) is 15.9 Å². The van der Waals surface area contributed by atoms with Gasteiger partial charge in [0.15, 0.2) is 0 Å². The molecule has 0 spiro atoms. The van der Waals surface area contributed by atoms with Crippen LogP contribution in [0.1, 0.15) is 50.7 Å². The van der Waals surface area contributed by atoms with Crippen LogP contribution in [0.25, 0.3) is 0 Å². The zero-order valence-electron chi connectivity index (χ0n) is 13.9. The van der Waals surface area contributed by atoms with Crippen molar-refractivity contribution in [3.63, 3.8) is 0 Å². The lowest BCUT2D eigenvalue weighted by molar-refractivity contribution is 0.0548. The highest BCUT2D eigenvalue weighted by Crippen LogP contribution is 2.46. The average Bonchev–Trinajstić information content (AvgIpc) is 3.17. The van der Waals surface area contributed by atoms with E-state index in [2.05, 4.69) is 12.1 Å². The lowest BCUT2D eigenvalue weighted by Gasteiger charge is -2.28. The van der Waals surface area contributed by atoms with Gasteiger partial charge in [0.1, 0.15) is 5.60 Å². The fraction of sp³-hybridized carbons (Fsp3) is 0.611. The predicted octanol–water partition coefficient (Wildman–Crippen LogP) is 3.88. The van der Waals surface area contributed by atoms with Gasteiger partial charge in [-0.05, 0) is 63.1 Å². The van der Waals surface area contributed by atoms with Crippen LogP contribution < -0.4 is 4.90 Å². The Bertz CT molecular complexity index is 572. The Hall–Kier alpha value is -1.55. The van der Waals surface area contributed by atoms with E-state index in [-0.39, 0.29) is 12.1 Å². The van der Waals surface area contributed by atoms with E-state index >= 15 is 0 Å². The van der Waals surface area contributed by atoms with Gasteiger partial charge in [0.25, 0.3) is 0 Å². The minimum Gasteiger partial charge on any atom is -0.443 e. The molecule has 1 amide bonds. The van der Waals surface area contributed by atoms with Crippen LogP contribution >= 0.6 is 0 Å². The summed E-state index contributed by atoms with van der Waals surface area (Å²) in [6, 6.07) is 6.31. The summed E-state index contributed by atoms with van der Waals surface area (Å²) < 4.78 is 10.9. The molecule has 3 rings (SSSR count). The van der Waals surface area contributed by atoms with Gasteiger partial charge >= 0.3 is 6.09 Å². The highest BCUT2D eigenvalue weighted by molar-refractivity contribution is 5.92. The molecule has 1 aromatic rings. The monoisotopic (exact) mass is 303 g/mol. The number of ether oxygens (including phenoxy) is 2. The second-order valence-corrected chi connectivity index (χ2v) is 7.28. The summed E-state index contributed by atoms with van der Waals surface area (Å²) in [7, 11) is 1.68. The Morgan fingerprint density at radius 3 is 2.64 bits per heavy atom. The largest absolute Gasteiger partial charge is 0.443 e. The number of hydrogen-bond acceptors (Lipinski definition) is 3. The molecule has 0 N–H and O–H groups in total. The second kappa shape index (κ2) is 5.58. The smallest absolute Gasteiger partial charge is 0.415 e. The van der Waals surface area contributed by atoms with Crippen molar-refractivity contribution in [1.29, 1.82) is 0 Å². The highest BCUT2D eigenvalue weighted by Gasteiger charge is 2.39. The summed E-state index contributed by atoms with van der Waals surface area (Å²) >= 11 is 0. The van der Waals surface area contributed by atoms with Gasteiger partial charge in [0.05, 0.1) is 18.3 Å². The first-order valence-corrected chi connectivity index (χ1v) is 8.03. The number of carbonyl (C=O) groups excluding carboxylic acids is 1. The Morgan fingerprint density at radius 2 is 2.05 bits per heavy atom. The van der Waals surface area contributed by atoms with Crippen molar-refractivity contribution in [3.05, 3.63) is 29.3 Å². The number of benzene rings is 1. The molecule has 1 heterocycles. The van der Waals surface area contributed by atoms with Crippen LogP contribution in [0.3, 0.4) is 0 Å². The zero-order valence-corrected chi connectivity index (χ0v) is 13.9. The Balaban J connectivity index is 1.93. The Labute approximate surface area is 132 Å². The number of hydrogen-bond donors (Lipinski definition) is 0. The van der Waals surface area contributed by atoms with Crippen LogP contribution in [0.5, 0.6) is 0 Å². The molecule has 22 heavy (non-hydrogen) atoms. The lowest BCUT2D eigenvalue weighted by atomic mass is 10.00. The number of rotatable bonds is 3. The van der Waals surface area contributed by atoms with Gasteiger partial charge in [-0.1, -0.05) is 12.1 Å². The summed E-state index contributed by atoms with van der Waals surface area (Å²) in [6.45, 7) is 6.22. The third-order valence-electron chi connectivity index (χ3n) is 4.22. The Morgan fingerprint density at radius 1 is 1.32 bits per heavy atom. The van der Waals surface area contributed by atoms with E-state index in [1.54, 1.807) is 12.0 Å². The van der Waals surface area contributed by atoms with Crippen LogP contribution in [0.2, 0.25) is 0 Å². The molecule has 4 nitrogen and oxygen atoms in total. The molecule has 1 fully saturated rings. The molecule has 1 aliphatic heterocycles. The molecule has 0 aromatic heterocycles. The predicted molar refractivity (Wildman–Crippen MR) is 86.5 cm³/mol. The van der Waals surface area contributed by atoms with Crippen molar-refractivity contribution >= 4 is 11.8 Å². The fourth-order valence-corrected chi connectivity index (χ4v) is 3.22. The molecule has 1 atom stereocenters. The molecule has 1 aliphatic carbocycles. The van der Waals surface area contributed by atoms with Gasteiger partial charge in [-0.2, -0.15) is 0 Å². The summed E-state index contributed by atoms with van der Waals surface area (Å²) in [5.74, 6) is 0.678. The van der Waals surface area contributed by atoms with Gasteiger partial charge < -0.3 is 9.47 Å². The number of amides is 1. The van der Waals surface area contributed by atoms with Crippen LogP contribution in [-0.4, -0.2) is 31.5 Å². The number of anilines is 1. The van der Waals surface area contributed by atoms with Crippen molar-refractivity contribution in [2.75, 3.05) is 18.6 Å². The highest BCUT2D eigenvalue weighted by atomic mass is 16.6. The van der Waals surface area contributed by atoms with E-state index in [9.17, 15) is 4.79 Å². The SMILES string of the molecule is COC[C@@H]1Cc2c(C3CC3)cccc2N1C(=O)OC(C)(C)C. The average molecular weight is 303 g/mol. The van der Waals surface area contributed by atoms with E-state index in [1.165, 1.54) is 24.0 Å². The molecular formula is C18H25NO3. The summed E-state index contributed by atoms with van der Waals surface area (Å²) in [5.41, 5.74) is 3.22. The standard InChI is InChI=1S/C18H25NO3/c1-18(2,3)22-17(20)19-13(11-21-4)10-15-14(12-8-9-12)6-5-7-16(15)19/h5-7,12-13H,8-11H2,1-4H3/t13-/m0/s1. The molecule has 4 heteroatoms. The number of methoxy groups -OCH3 is 1. The molecule has 0 radical (unpaired) electrons. The molecule has 1 aromatic carbocycles. The maximum Gasteiger partial charge on any atom is 0.415 e. The van der Waals surface area contributed by atoms with Gasteiger partial charge in [0.2, 0.25) is 0 Å². The third kappa shape index (κ3) is 2.98. The minimum absolute atomic E-state index is 0.0229. The minimum atomic E-state index is -0.494. The van der Waals surface area contributed by atoms with Crippen LogP contribution in [0.15, 0.2) is 18.2 Å². The third-order valence-corrected chi connectivity index (χ3v) is 4.22. The zero-order chi connectivity index (χ0) is 15.9. The Kier molecular flexibility index (Phi) is 3.89. The van der Waals surface area contributed by atoms with E-state index < -0.39 is 5.60 Å². The molecule has 120 valence electrons. The van der Waals surface area contributed by atoms with Crippen molar-refractivity contribution in [2.45, 2.75) is 57.6 Å². The first-order chi connectivity index (χ1) is 10.4. The van der Waals surface area contributed by atoms with Crippen LogP contribution in [0, 0.1) is 0 Å². The van der Waals surface area contributed by atoms with E-state index in [4.69, 9.17) is 9.47 Å². The number of nitrogens with zero attached hydrogens (tertiary/aromatic N) is 1. The molecule has 0 bridgehead atoms. The van der Waals surface area contributed by atoms with Gasteiger partial charge in [-0.3, -0.25) is 4.90 Å². The number of carbonyl (C=O) groups is 1. The second-order valence-electron chi connectivity index (χ2n) is 7.28. The van der Waals surface area contributed by atoms with Crippen molar-refractivity contribution in [2.24, 2.45) is 0 Å². The van der Waals surface area contributed by atoms with Crippen molar-refractivity contribution in [1.82, 2.24) is 0 Å². The molecule has 1 saturated carbocycles. The van der Waals surface area contributed by atoms with Gasteiger partial charge in [-0.15, -0.1) is 0 Å². The lowest BCUT2D eigenvalue weighted by Crippen LogP contribution is -2.43. The molecule has 0 saturated heterocycles. The normalized spacial score (nSPS) is 20.9. The summed E-state index contributed by atoms with van der Waals surface area (Å²) in [5, 5.41) is 0. The summed E-state index contributed by atoms with van der Waals surface area (Å²) in [6.07, 6.45) is 3.10. The van der Waals surface area contributed by atoms with Crippen molar-refractivity contribution in [3.8, 4) is 0 Å². The molecule has 2 aliphatic rings. The molecule has 0 unspecified atom stereocenters. The first kappa shape index (κ1) is 15.3. The van der Waals surface area contributed by atoms with Crippen molar-refractivity contribution < 1.29 is 14.3 Å². The fourth-order valence-electron chi connectivity index (χ4n) is 3.22. The van der Waals surface area contributed by atoms with Crippen LogP contribution in [0.4, 0.5) is 10.5 Å². The maximum atomic E-state index is 12.7. The molecular weight excluding hydrogens is 278 g/mol. The maximum absolute atomic E-state index is 12.7. The van der Waals surface area contributed by atoms with E-state index in [0.717, 1.165) is 12.1 Å². The topological polar surface area (TPSA) is 38.8 Å².